The Morgan fingerprint density at radius 2 is 1.86 bits per heavy atom. The van der Waals surface area contributed by atoms with E-state index in [-0.39, 0.29) is 22.6 Å². The lowest BCUT2D eigenvalue weighted by Gasteiger charge is -2.19. The number of alkyl halides is 3. The first-order valence-electron chi connectivity index (χ1n) is 10.4. The molecule has 2 heterocycles. The number of nitrogens with two attached hydrogens (primary N) is 1. The van der Waals surface area contributed by atoms with Gasteiger partial charge in [-0.05, 0) is 43.2 Å². The summed E-state index contributed by atoms with van der Waals surface area (Å²) in [4.78, 5) is 25.0. The van der Waals surface area contributed by atoms with E-state index in [4.69, 9.17) is 5.73 Å². The van der Waals surface area contributed by atoms with E-state index in [9.17, 15) is 18.0 Å². The smallest absolute Gasteiger partial charge is 0.373 e. The lowest BCUT2D eigenvalue weighted by atomic mass is 9.93. The van der Waals surface area contributed by atoms with Crippen molar-refractivity contribution in [1.29, 1.82) is 0 Å². The normalized spacial score (nSPS) is 11.4. The Hall–Kier alpha value is -4.48. The largest absolute Gasteiger partial charge is 0.416 e. The Morgan fingerprint density at radius 3 is 2.54 bits per heavy atom. The van der Waals surface area contributed by atoms with E-state index in [1.165, 1.54) is 29.2 Å². The summed E-state index contributed by atoms with van der Waals surface area (Å²) in [5, 5.41) is 10.4. The van der Waals surface area contributed by atoms with Gasteiger partial charge in [0.15, 0.2) is 5.82 Å². The van der Waals surface area contributed by atoms with Gasteiger partial charge in [-0.2, -0.15) is 22.8 Å². The first-order chi connectivity index (χ1) is 16.6. The molecule has 1 amide bonds. The maximum atomic E-state index is 13.4. The van der Waals surface area contributed by atoms with Crippen molar-refractivity contribution in [3.8, 4) is 16.9 Å². The summed E-state index contributed by atoms with van der Waals surface area (Å²) in [5.41, 5.74) is 6.20. The van der Waals surface area contributed by atoms with Gasteiger partial charge in [-0.25, -0.2) is 9.97 Å². The minimum Gasteiger partial charge on any atom is -0.373 e. The molecule has 9 nitrogen and oxygen atoms in total. The molecule has 0 unspecified atom stereocenters. The van der Waals surface area contributed by atoms with Crippen molar-refractivity contribution in [2.24, 2.45) is 5.73 Å². The molecule has 0 spiro atoms. The lowest BCUT2D eigenvalue weighted by Crippen LogP contribution is -2.15. The maximum Gasteiger partial charge on any atom is 0.416 e. The van der Waals surface area contributed by atoms with Crippen LogP contribution in [-0.2, 0) is 6.18 Å². The second-order valence-electron chi connectivity index (χ2n) is 7.65. The van der Waals surface area contributed by atoms with Gasteiger partial charge in [-0.1, -0.05) is 18.2 Å². The van der Waals surface area contributed by atoms with E-state index in [1.54, 1.807) is 33.0 Å². The zero-order chi connectivity index (χ0) is 25.3. The third-order valence-electron chi connectivity index (χ3n) is 5.23. The number of carbonyl (C=O) groups is 1. The van der Waals surface area contributed by atoms with Crippen LogP contribution in [0.25, 0.3) is 16.9 Å². The highest BCUT2D eigenvalue weighted by atomic mass is 19.4. The van der Waals surface area contributed by atoms with Crippen LogP contribution in [0.5, 0.6) is 0 Å². The van der Waals surface area contributed by atoms with Crippen LogP contribution in [0.1, 0.15) is 27.3 Å². The first-order valence-corrected chi connectivity index (χ1v) is 10.4. The molecular weight excluding hydrogens is 461 g/mol. The number of primary amides is 1. The molecule has 4 rings (SSSR count). The molecule has 0 aliphatic heterocycles. The SMILES string of the molecule is CNc1cc(-n2nc(C)nc2Nc2c(C)ccc(C(N)=O)c2-c2cccc(C(F)(F)F)c2)ncn1. The lowest BCUT2D eigenvalue weighted by molar-refractivity contribution is -0.137. The molecule has 0 bridgehead atoms. The van der Waals surface area contributed by atoms with Crippen LogP contribution in [0, 0.1) is 13.8 Å². The molecule has 2 aromatic carbocycles. The van der Waals surface area contributed by atoms with Gasteiger partial charge >= 0.3 is 6.18 Å². The predicted molar refractivity (Wildman–Crippen MR) is 125 cm³/mol. The van der Waals surface area contributed by atoms with Gasteiger partial charge in [0.1, 0.15) is 18.0 Å². The Morgan fingerprint density at radius 1 is 1.09 bits per heavy atom. The average Bonchev–Trinajstić information content (AvgIpc) is 3.19. The van der Waals surface area contributed by atoms with Gasteiger partial charge in [-0.3, -0.25) is 4.79 Å². The van der Waals surface area contributed by atoms with Crippen molar-refractivity contribution >= 4 is 23.4 Å². The number of halogens is 3. The van der Waals surface area contributed by atoms with Crippen molar-refractivity contribution in [1.82, 2.24) is 24.7 Å². The topological polar surface area (TPSA) is 124 Å². The first kappa shape index (κ1) is 23.7. The van der Waals surface area contributed by atoms with E-state index in [2.05, 4.69) is 30.7 Å². The number of aryl methyl sites for hydroxylation is 2. The predicted octanol–water partition coefficient (Wildman–Crippen LogP) is 4.24. The number of amides is 1. The van der Waals surface area contributed by atoms with Crippen LogP contribution in [0.15, 0.2) is 48.8 Å². The summed E-state index contributed by atoms with van der Waals surface area (Å²) in [6.07, 6.45) is -3.20. The zero-order valence-corrected chi connectivity index (χ0v) is 19.0. The summed E-state index contributed by atoms with van der Waals surface area (Å²) in [7, 11) is 1.71. The van der Waals surface area contributed by atoms with Crippen molar-refractivity contribution < 1.29 is 18.0 Å². The molecule has 2 aromatic heterocycles. The number of rotatable bonds is 6. The summed E-state index contributed by atoms with van der Waals surface area (Å²) in [6, 6.07) is 9.49. The molecule has 0 fully saturated rings. The van der Waals surface area contributed by atoms with Crippen LogP contribution in [0.2, 0.25) is 0 Å². The van der Waals surface area contributed by atoms with Crippen molar-refractivity contribution in [2.75, 3.05) is 17.7 Å². The van der Waals surface area contributed by atoms with Gasteiger partial charge in [-0.15, -0.1) is 5.10 Å². The maximum absolute atomic E-state index is 13.4. The van der Waals surface area contributed by atoms with Crippen LogP contribution < -0.4 is 16.4 Å². The van der Waals surface area contributed by atoms with Gasteiger partial charge < -0.3 is 16.4 Å². The number of nitrogens with one attached hydrogen (secondary N) is 2. The number of anilines is 3. The third-order valence-corrected chi connectivity index (χ3v) is 5.23. The second kappa shape index (κ2) is 9.05. The molecule has 0 aliphatic carbocycles. The number of hydrogen-bond acceptors (Lipinski definition) is 7. The molecule has 0 saturated carbocycles. The number of hydrogen-bond donors (Lipinski definition) is 3. The number of benzene rings is 2. The van der Waals surface area contributed by atoms with E-state index in [1.807, 2.05) is 0 Å². The van der Waals surface area contributed by atoms with Crippen LogP contribution in [0.3, 0.4) is 0 Å². The fourth-order valence-corrected chi connectivity index (χ4v) is 3.59. The number of aromatic nitrogens is 5. The summed E-state index contributed by atoms with van der Waals surface area (Å²) in [5.74, 6) is 0.817. The molecule has 0 atom stereocenters. The van der Waals surface area contributed by atoms with Gasteiger partial charge in [0.2, 0.25) is 11.9 Å². The highest BCUT2D eigenvalue weighted by Crippen LogP contribution is 2.39. The third kappa shape index (κ3) is 4.76. The van der Waals surface area contributed by atoms with Crippen molar-refractivity contribution in [3.63, 3.8) is 0 Å². The highest BCUT2D eigenvalue weighted by molar-refractivity contribution is 6.04. The van der Waals surface area contributed by atoms with Gasteiger partial charge in [0, 0.05) is 24.2 Å². The second-order valence-corrected chi connectivity index (χ2v) is 7.65. The Labute approximate surface area is 198 Å². The van der Waals surface area contributed by atoms with Crippen molar-refractivity contribution in [3.05, 3.63) is 71.3 Å². The molecule has 180 valence electrons. The minimum absolute atomic E-state index is 0.0553. The minimum atomic E-state index is -4.56. The molecule has 35 heavy (non-hydrogen) atoms. The Kier molecular flexibility index (Phi) is 6.12. The fourth-order valence-electron chi connectivity index (χ4n) is 3.59. The average molecular weight is 482 g/mol. The Bertz CT molecular complexity index is 1410. The molecule has 0 radical (unpaired) electrons. The summed E-state index contributed by atoms with van der Waals surface area (Å²) >= 11 is 0. The summed E-state index contributed by atoms with van der Waals surface area (Å²) < 4.78 is 41.7. The number of nitrogens with zero attached hydrogens (tertiary/aromatic N) is 5. The van der Waals surface area contributed by atoms with Gasteiger partial charge in [0.05, 0.1) is 11.3 Å². The zero-order valence-electron chi connectivity index (χ0n) is 19.0. The standard InChI is InChI=1S/C23H21F3N8O/c1-12-7-8-16(21(27)35)19(14-5-4-6-15(9-14)23(24,25)26)20(12)32-22-31-13(2)33-34(22)18-10-17(28-3)29-11-30-18/h4-11H,1-3H3,(H2,27,35)(H,28,29,30)(H,31,32,33). The molecule has 0 saturated heterocycles. The summed E-state index contributed by atoms with van der Waals surface area (Å²) in [6.45, 7) is 3.43. The Balaban J connectivity index is 1.91. The monoisotopic (exact) mass is 482 g/mol. The highest BCUT2D eigenvalue weighted by Gasteiger charge is 2.31. The van der Waals surface area contributed by atoms with E-state index in [0.717, 1.165) is 12.1 Å². The quantitative estimate of drug-likeness (QED) is 0.375. The molecule has 4 aromatic rings. The van der Waals surface area contributed by atoms with E-state index >= 15 is 0 Å². The molecular formula is C23H21F3N8O. The molecule has 12 heteroatoms. The molecule has 0 aliphatic rings. The van der Waals surface area contributed by atoms with E-state index < -0.39 is 17.6 Å². The van der Waals surface area contributed by atoms with Crippen molar-refractivity contribution in [2.45, 2.75) is 20.0 Å². The molecule has 4 N–H and O–H groups in total. The van der Waals surface area contributed by atoms with Crippen LogP contribution in [-0.4, -0.2) is 37.7 Å². The van der Waals surface area contributed by atoms with Gasteiger partial charge in [0.25, 0.3) is 0 Å². The fraction of sp³-hybridized carbons (Fsp3) is 0.174. The van der Waals surface area contributed by atoms with Crippen LogP contribution in [0.4, 0.5) is 30.6 Å². The van der Waals surface area contributed by atoms with E-state index in [0.29, 0.717) is 28.7 Å². The van der Waals surface area contributed by atoms with Crippen LogP contribution >= 0.6 is 0 Å². The number of carbonyl (C=O) groups excluding carboxylic acids is 1.